The number of benzene rings is 3. The average molecular weight is 1130 g/mol. The molecule has 1 spiro atoms. The number of hydrogen-bond acceptors (Lipinski definition) is 12. The Hall–Kier alpha value is -6.51. The molecule has 5 heterocycles. The van der Waals surface area contributed by atoms with E-state index in [2.05, 4.69) is 47.0 Å². The van der Waals surface area contributed by atoms with E-state index in [0.717, 1.165) is 29.5 Å². The monoisotopic (exact) mass is 1130 g/mol. The van der Waals surface area contributed by atoms with Crippen LogP contribution in [0.3, 0.4) is 0 Å². The van der Waals surface area contributed by atoms with E-state index in [9.17, 15) is 32.3 Å². The molecule has 5 aliphatic heterocycles. The first kappa shape index (κ1) is 58.2. The summed E-state index contributed by atoms with van der Waals surface area (Å²) in [6, 6.07) is 13.8. The van der Waals surface area contributed by atoms with Crippen LogP contribution in [0.4, 0.5) is 34.1 Å². The Morgan fingerprint density at radius 3 is 1.94 bits per heavy atom. The molecule has 6 aliphatic rings. The number of methoxy groups -OCH3 is 2. The number of likely N-dealkylation sites (tertiary alicyclic amines) is 1. The molecule has 0 bridgehead atoms. The molecule has 432 valence electrons. The van der Waals surface area contributed by atoms with Gasteiger partial charge >= 0.3 is 18.4 Å². The number of anilines is 2. The van der Waals surface area contributed by atoms with Crippen LogP contribution in [0.15, 0.2) is 80.0 Å². The largest absolute Gasteiger partial charge is 0.493 e. The molecule has 0 aromatic heterocycles. The number of nitrogens with zero attached hydrogens (tertiary/aromatic N) is 5. The standard InChI is InChI=1S/C60H76F3N5O11Si/c1-10-25-77-56(71)66-36-43-29-42(40-17-15-39(16-18-40)41-19-23-64(24-20-41)38-60(61,62)63)35-65(43)53(69)44-30-49(73-6)51(32-46(44)66)75-27-13-12-14-28-76-52-33-47-45(31-50(52)74-7)54(70)67-37-59(21-22-59)34-48(67)55(68(47)57(72)78-26-11-2)79-80(8,9)58(3,4)5/h10-11,15-18,30-33,35,41,43,48,55H,1-2,12-14,19-29,34,36-38H2,3-9H3/t43-,48-,55?/m0/s1. The highest BCUT2D eigenvalue weighted by Gasteiger charge is 2.60. The smallest absolute Gasteiger partial charge is 0.416 e. The topological polar surface area (TPSA) is 149 Å². The minimum Gasteiger partial charge on any atom is -0.493 e. The fourth-order valence-electron chi connectivity index (χ4n) is 11.5. The number of ether oxygens (including phenoxy) is 6. The molecule has 3 atom stereocenters. The number of carbonyl (C=O) groups is 4. The third-order valence-corrected chi connectivity index (χ3v) is 21.5. The number of halogens is 3. The van der Waals surface area contributed by atoms with Crippen molar-refractivity contribution in [1.82, 2.24) is 14.7 Å². The molecule has 9 rings (SSSR count). The van der Waals surface area contributed by atoms with Crippen LogP contribution in [0.2, 0.25) is 18.1 Å². The lowest BCUT2D eigenvalue weighted by Gasteiger charge is -2.44. The van der Waals surface area contributed by atoms with E-state index >= 15 is 0 Å². The molecule has 1 unspecified atom stereocenters. The van der Waals surface area contributed by atoms with Gasteiger partial charge in [0, 0.05) is 24.9 Å². The summed E-state index contributed by atoms with van der Waals surface area (Å²) in [5, 5.41) is -0.198. The van der Waals surface area contributed by atoms with E-state index < -0.39 is 51.5 Å². The fraction of sp³-hybridized carbons (Fsp3) is 0.533. The quantitative estimate of drug-likeness (QED) is 0.0639. The highest BCUT2D eigenvalue weighted by molar-refractivity contribution is 6.74. The van der Waals surface area contributed by atoms with E-state index in [0.29, 0.717) is 105 Å². The number of amides is 4. The molecular formula is C60H76F3N5O11Si. The van der Waals surface area contributed by atoms with Gasteiger partial charge in [0.1, 0.15) is 13.2 Å². The summed E-state index contributed by atoms with van der Waals surface area (Å²) in [5.41, 5.74) is 4.07. The first-order chi connectivity index (χ1) is 38.1. The van der Waals surface area contributed by atoms with Crippen molar-refractivity contribution in [3.63, 3.8) is 0 Å². The molecule has 0 N–H and O–H groups in total. The van der Waals surface area contributed by atoms with Crippen molar-refractivity contribution in [1.29, 1.82) is 0 Å². The number of fused-ring (bicyclic) bond motifs is 4. The van der Waals surface area contributed by atoms with Crippen LogP contribution in [0, 0.1) is 5.41 Å². The summed E-state index contributed by atoms with van der Waals surface area (Å²) in [7, 11) is 0.455. The zero-order valence-corrected chi connectivity index (χ0v) is 48.2. The second-order valence-electron chi connectivity index (χ2n) is 23.5. The predicted molar refractivity (Wildman–Crippen MR) is 300 cm³/mol. The summed E-state index contributed by atoms with van der Waals surface area (Å²) in [6.07, 6.45) is 4.85. The van der Waals surface area contributed by atoms with Crippen molar-refractivity contribution >= 4 is 49.3 Å². The van der Waals surface area contributed by atoms with Crippen LogP contribution >= 0.6 is 0 Å². The number of rotatable bonds is 19. The SMILES string of the molecule is C=CCOC(=O)N1C[C@@H]2CC(c3ccc(C4CCN(CC(F)(F)F)CC4)cc3)=CN2C(=O)c2cc(OC)c(OCCCCCOc3cc4c(cc3OC)C(=O)N3CC5(CC5)C[C@H]3C(O[Si](C)(C)C(C)(C)C)N4C(=O)OCC=C)cc21. The van der Waals surface area contributed by atoms with Crippen LogP contribution in [0.5, 0.6) is 23.0 Å². The van der Waals surface area contributed by atoms with Gasteiger partial charge in [-0.2, -0.15) is 13.2 Å². The molecule has 0 radical (unpaired) electrons. The zero-order chi connectivity index (χ0) is 57.3. The van der Waals surface area contributed by atoms with Crippen molar-refractivity contribution < 1.29 is 65.2 Å². The van der Waals surface area contributed by atoms with Crippen molar-refractivity contribution in [3.05, 3.63) is 102 Å². The Labute approximate surface area is 468 Å². The van der Waals surface area contributed by atoms with E-state index in [4.69, 9.17) is 32.8 Å². The summed E-state index contributed by atoms with van der Waals surface area (Å²) in [5.74, 6) is 0.981. The molecule has 1 saturated carbocycles. The first-order valence-corrected chi connectivity index (χ1v) is 30.7. The van der Waals surface area contributed by atoms with Crippen LogP contribution in [-0.4, -0.2) is 145 Å². The van der Waals surface area contributed by atoms with Gasteiger partial charge in [-0.1, -0.05) is 70.3 Å². The van der Waals surface area contributed by atoms with Crippen molar-refractivity contribution in [2.45, 2.75) is 127 Å². The van der Waals surface area contributed by atoms with Crippen molar-refractivity contribution in [3.8, 4) is 23.0 Å². The summed E-state index contributed by atoms with van der Waals surface area (Å²) in [4.78, 5) is 65.3. The maximum atomic E-state index is 14.7. The second-order valence-corrected chi connectivity index (χ2v) is 28.3. The predicted octanol–water partition coefficient (Wildman–Crippen LogP) is 12.0. The summed E-state index contributed by atoms with van der Waals surface area (Å²) >= 11 is 0. The highest BCUT2D eigenvalue weighted by Crippen LogP contribution is 2.58. The van der Waals surface area contributed by atoms with E-state index in [1.54, 1.807) is 29.2 Å². The number of unbranched alkanes of at least 4 members (excludes halogenated alkanes) is 2. The lowest BCUT2D eigenvalue weighted by atomic mass is 9.88. The number of hydrogen-bond donors (Lipinski definition) is 0. The van der Waals surface area contributed by atoms with Gasteiger partial charge in [0.15, 0.2) is 37.5 Å². The third kappa shape index (κ3) is 12.4. The van der Waals surface area contributed by atoms with Crippen molar-refractivity contribution in [2.75, 3.05) is 83.2 Å². The molecular weight excluding hydrogens is 1050 g/mol. The van der Waals surface area contributed by atoms with Crippen molar-refractivity contribution in [2.24, 2.45) is 5.41 Å². The molecule has 2 saturated heterocycles. The van der Waals surface area contributed by atoms with Gasteiger partial charge in [0.25, 0.3) is 11.8 Å². The Morgan fingerprint density at radius 1 is 0.787 bits per heavy atom. The molecule has 80 heavy (non-hydrogen) atoms. The normalized spacial score (nSPS) is 20.9. The number of piperidine rings is 1. The lowest BCUT2D eigenvalue weighted by Crippen LogP contribution is -2.58. The van der Waals surface area contributed by atoms with E-state index in [1.807, 2.05) is 35.4 Å². The van der Waals surface area contributed by atoms with Crippen LogP contribution in [-0.2, 0) is 13.9 Å². The summed E-state index contributed by atoms with van der Waals surface area (Å²) < 4.78 is 81.8. The zero-order valence-electron chi connectivity index (χ0n) is 47.2. The molecule has 1 aliphatic carbocycles. The molecule has 20 heteroatoms. The summed E-state index contributed by atoms with van der Waals surface area (Å²) in [6.45, 7) is 19.2. The van der Waals surface area contributed by atoms with Gasteiger partial charge in [-0.15, -0.1) is 0 Å². The van der Waals surface area contributed by atoms with Gasteiger partial charge in [-0.3, -0.25) is 19.4 Å². The molecule has 3 fully saturated rings. The number of alkyl halides is 3. The van der Waals surface area contributed by atoms with Crippen LogP contribution in [0.1, 0.15) is 116 Å². The second kappa shape index (κ2) is 23.5. The molecule has 3 aromatic rings. The van der Waals surface area contributed by atoms with Crippen LogP contribution < -0.4 is 28.7 Å². The van der Waals surface area contributed by atoms with Gasteiger partial charge in [0.05, 0.1) is 75.1 Å². The molecule has 3 aromatic carbocycles. The number of carbonyl (C=O) groups excluding carboxylic acids is 4. The van der Waals surface area contributed by atoms with E-state index in [-0.39, 0.29) is 66.7 Å². The first-order valence-electron chi connectivity index (χ1n) is 27.8. The highest BCUT2D eigenvalue weighted by atomic mass is 28.4. The third-order valence-electron chi connectivity index (χ3n) is 17.0. The van der Waals surface area contributed by atoms with Gasteiger partial charge in [0.2, 0.25) is 0 Å². The van der Waals surface area contributed by atoms with Gasteiger partial charge in [-0.25, -0.2) is 14.5 Å². The lowest BCUT2D eigenvalue weighted by molar-refractivity contribution is -0.147. The van der Waals surface area contributed by atoms with E-state index in [1.165, 1.54) is 41.1 Å². The maximum absolute atomic E-state index is 14.7. The fourth-order valence-corrected chi connectivity index (χ4v) is 12.7. The minimum absolute atomic E-state index is 0.00884. The Morgan fingerprint density at radius 2 is 1.38 bits per heavy atom. The maximum Gasteiger partial charge on any atom is 0.416 e. The average Bonchev–Trinajstić information content (AvgIpc) is 4.13. The Kier molecular flexibility index (Phi) is 17.1. The minimum atomic E-state index is -4.22. The van der Waals surface area contributed by atoms with Gasteiger partial charge in [-0.05, 0) is 129 Å². The molecule has 16 nitrogen and oxygen atoms in total. The van der Waals surface area contributed by atoms with Gasteiger partial charge < -0.3 is 42.6 Å². The Bertz CT molecular complexity index is 2860. The van der Waals surface area contributed by atoms with Crippen LogP contribution in [0.25, 0.3) is 5.57 Å². The Balaban J connectivity index is 0.871. The molecule has 4 amide bonds.